The first kappa shape index (κ1) is 8.99. The highest BCUT2D eigenvalue weighted by molar-refractivity contribution is 6.13. The van der Waals surface area contributed by atoms with Gasteiger partial charge in [-0.25, -0.2) is 4.84 Å². The van der Waals surface area contributed by atoms with Gasteiger partial charge in [0, 0.05) is 17.8 Å². The lowest BCUT2D eigenvalue weighted by atomic mass is 9.88. The number of aromatic nitrogens is 2. The van der Waals surface area contributed by atoms with Crippen LogP contribution in [0.15, 0.2) is 12.4 Å². The summed E-state index contributed by atoms with van der Waals surface area (Å²) >= 11 is 5.47. The van der Waals surface area contributed by atoms with Gasteiger partial charge < -0.3 is 5.11 Å². The van der Waals surface area contributed by atoms with Gasteiger partial charge in [0.2, 0.25) is 0 Å². The average Bonchev–Trinajstić information content (AvgIpc) is 2.51. The monoisotopic (exact) mass is 201 g/mol. The molecule has 1 aromatic rings. The number of hydrogen-bond acceptors (Lipinski definition) is 3. The van der Waals surface area contributed by atoms with E-state index in [-0.39, 0.29) is 6.61 Å². The first-order valence-corrected chi connectivity index (χ1v) is 4.71. The molecule has 1 aromatic heterocycles. The SMILES string of the molecule is OCc1cnn(C2CC(NCl)C2)c1. The van der Waals surface area contributed by atoms with E-state index in [9.17, 15) is 0 Å². The Bertz CT molecular complexity index is 283. The smallest absolute Gasteiger partial charge is 0.0712 e. The van der Waals surface area contributed by atoms with Gasteiger partial charge in [-0.1, -0.05) is 0 Å². The zero-order valence-corrected chi connectivity index (χ0v) is 7.91. The van der Waals surface area contributed by atoms with Gasteiger partial charge in [-0.05, 0) is 24.6 Å². The van der Waals surface area contributed by atoms with Crippen LogP contribution >= 0.6 is 11.8 Å². The van der Waals surface area contributed by atoms with Crippen molar-refractivity contribution >= 4 is 11.8 Å². The fourth-order valence-corrected chi connectivity index (χ4v) is 1.73. The zero-order chi connectivity index (χ0) is 9.26. The number of aliphatic hydroxyl groups excluding tert-OH is 1. The second kappa shape index (κ2) is 3.65. The molecule has 1 aliphatic carbocycles. The molecule has 0 aliphatic heterocycles. The molecule has 0 aromatic carbocycles. The van der Waals surface area contributed by atoms with Crippen molar-refractivity contribution in [3.63, 3.8) is 0 Å². The van der Waals surface area contributed by atoms with E-state index in [1.54, 1.807) is 6.20 Å². The Morgan fingerprint density at radius 1 is 1.69 bits per heavy atom. The summed E-state index contributed by atoms with van der Waals surface area (Å²) in [5.41, 5.74) is 0.863. The zero-order valence-electron chi connectivity index (χ0n) is 7.15. The molecule has 0 atom stereocenters. The van der Waals surface area contributed by atoms with E-state index in [0.717, 1.165) is 18.4 Å². The molecule has 0 unspecified atom stereocenters. The lowest BCUT2D eigenvalue weighted by Crippen LogP contribution is -2.38. The predicted molar refractivity (Wildman–Crippen MR) is 49.2 cm³/mol. The van der Waals surface area contributed by atoms with Crippen LogP contribution in [0.1, 0.15) is 24.4 Å². The Balaban J connectivity index is 1.95. The van der Waals surface area contributed by atoms with Crippen molar-refractivity contribution in [3.8, 4) is 0 Å². The topological polar surface area (TPSA) is 50.1 Å². The summed E-state index contributed by atoms with van der Waals surface area (Å²) in [5, 5.41) is 13.0. The second-order valence-corrected chi connectivity index (χ2v) is 3.64. The third-order valence-corrected chi connectivity index (χ3v) is 2.79. The molecule has 1 aliphatic rings. The van der Waals surface area contributed by atoms with Crippen LogP contribution in [0.3, 0.4) is 0 Å². The lowest BCUT2D eigenvalue weighted by molar-refractivity contribution is 0.233. The maximum absolute atomic E-state index is 8.83. The predicted octanol–water partition coefficient (Wildman–Crippen LogP) is 0.822. The summed E-state index contributed by atoms with van der Waals surface area (Å²) in [6.07, 6.45) is 5.60. The summed E-state index contributed by atoms with van der Waals surface area (Å²) in [4.78, 5) is 2.70. The number of aliphatic hydroxyl groups is 1. The van der Waals surface area contributed by atoms with Gasteiger partial charge in [0.1, 0.15) is 0 Å². The average molecular weight is 202 g/mol. The van der Waals surface area contributed by atoms with Crippen LogP contribution in [0.4, 0.5) is 0 Å². The highest BCUT2D eigenvalue weighted by atomic mass is 35.5. The Labute approximate surface area is 81.6 Å². The molecule has 0 bridgehead atoms. The molecular weight excluding hydrogens is 190 g/mol. The van der Waals surface area contributed by atoms with Gasteiger partial charge in [0.05, 0.1) is 18.8 Å². The molecule has 1 saturated carbocycles. The molecule has 0 spiro atoms. The van der Waals surface area contributed by atoms with Crippen LogP contribution < -0.4 is 4.84 Å². The summed E-state index contributed by atoms with van der Waals surface area (Å²) < 4.78 is 1.90. The van der Waals surface area contributed by atoms with E-state index in [1.807, 2.05) is 10.9 Å². The minimum Gasteiger partial charge on any atom is -0.392 e. The molecule has 0 saturated heterocycles. The van der Waals surface area contributed by atoms with Crippen LogP contribution in [0.5, 0.6) is 0 Å². The van der Waals surface area contributed by atoms with E-state index in [2.05, 4.69) is 9.93 Å². The maximum Gasteiger partial charge on any atom is 0.0712 e. The largest absolute Gasteiger partial charge is 0.392 e. The van der Waals surface area contributed by atoms with Crippen molar-refractivity contribution in [3.05, 3.63) is 18.0 Å². The maximum atomic E-state index is 8.83. The lowest BCUT2D eigenvalue weighted by Gasteiger charge is -2.33. The Morgan fingerprint density at radius 3 is 3.00 bits per heavy atom. The summed E-state index contributed by atoms with van der Waals surface area (Å²) in [6, 6.07) is 0.852. The number of rotatable bonds is 3. The standard InChI is InChI=1S/C8H12ClN3O/c9-11-7-1-8(2-7)12-4-6(5-13)3-10-12/h3-4,7-8,11,13H,1-2,5H2. The molecular formula is C8H12ClN3O. The first-order valence-electron chi connectivity index (χ1n) is 4.33. The van der Waals surface area contributed by atoms with Crippen LogP contribution in [0, 0.1) is 0 Å². The minimum absolute atomic E-state index is 0.0594. The Hall–Kier alpha value is -0.580. The highest BCUT2D eigenvalue weighted by Gasteiger charge is 2.30. The molecule has 0 amide bonds. The van der Waals surface area contributed by atoms with Crippen molar-refractivity contribution in [1.29, 1.82) is 0 Å². The van der Waals surface area contributed by atoms with E-state index >= 15 is 0 Å². The third kappa shape index (κ3) is 1.70. The molecule has 1 heterocycles. The molecule has 2 rings (SSSR count). The van der Waals surface area contributed by atoms with Gasteiger partial charge in [-0.2, -0.15) is 5.10 Å². The Morgan fingerprint density at radius 2 is 2.46 bits per heavy atom. The summed E-state index contributed by atoms with van der Waals surface area (Å²) in [5.74, 6) is 0. The van der Waals surface area contributed by atoms with Gasteiger partial charge >= 0.3 is 0 Å². The number of nitrogens with zero attached hydrogens (tertiary/aromatic N) is 2. The summed E-state index contributed by atoms with van der Waals surface area (Å²) in [6.45, 7) is 0.0594. The minimum atomic E-state index is 0.0594. The third-order valence-electron chi connectivity index (χ3n) is 2.48. The van der Waals surface area contributed by atoms with E-state index in [1.165, 1.54) is 0 Å². The molecule has 0 radical (unpaired) electrons. The molecule has 4 nitrogen and oxygen atoms in total. The fraction of sp³-hybridized carbons (Fsp3) is 0.625. The summed E-state index contributed by atoms with van der Waals surface area (Å²) in [7, 11) is 0. The van der Waals surface area contributed by atoms with Crippen molar-refractivity contribution in [2.45, 2.75) is 31.5 Å². The van der Waals surface area contributed by atoms with Crippen molar-refractivity contribution < 1.29 is 5.11 Å². The molecule has 5 heteroatoms. The van der Waals surface area contributed by atoms with Crippen molar-refractivity contribution in [2.75, 3.05) is 0 Å². The fourth-order valence-electron chi connectivity index (χ4n) is 1.55. The quantitative estimate of drug-likeness (QED) is 0.713. The van der Waals surface area contributed by atoms with Gasteiger partial charge in [-0.3, -0.25) is 4.68 Å². The van der Waals surface area contributed by atoms with E-state index in [0.29, 0.717) is 12.1 Å². The van der Waals surface area contributed by atoms with Crippen molar-refractivity contribution in [2.24, 2.45) is 0 Å². The molecule has 1 fully saturated rings. The van der Waals surface area contributed by atoms with Crippen molar-refractivity contribution in [1.82, 2.24) is 14.6 Å². The molecule has 2 N–H and O–H groups in total. The van der Waals surface area contributed by atoms with Gasteiger partial charge in [0.25, 0.3) is 0 Å². The number of hydrogen-bond donors (Lipinski definition) is 2. The number of halogens is 1. The van der Waals surface area contributed by atoms with Crippen LogP contribution in [0.25, 0.3) is 0 Å². The van der Waals surface area contributed by atoms with E-state index in [4.69, 9.17) is 16.9 Å². The van der Waals surface area contributed by atoms with Crippen LogP contribution in [0.2, 0.25) is 0 Å². The van der Waals surface area contributed by atoms with Gasteiger partial charge in [0.15, 0.2) is 0 Å². The van der Waals surface area contributed by atoms with E-state index < -0.39 is 0 Å². The number of nitrogens with one attached hydrogen (secondary N) is 1. The molecule has 72 valence electrons. The Kier molecular flexibility index (Phi) is 2.53. The van der Waals surface area contributed by atoms with Crippen LogP contribution in [-0.2, 0) is 6.61 Å². The van der Waals surface area contributed by atoms with Crippen LogP contribution in [-0.4, -0.2) is 20.9 Å². The first-order chi connectivity index (χ1) is 6.33. The second-order valence-electron chi connectivity index (χ2n) is 3.42. The molecule has 13 heavy (non-hydrogen) atoms. The highest BCUT2D eigenvalue weighted by Crippen LogP contribution is 2.31. The van der Waals surface area contributed by atoms with Gasteiger partial charge in [-0.15, -0.1) is 0 Å². The normalized spacial score (nSPS) is 27.2.